The number of ether oxygens (including phenoxy) is 2. The molecule has 96 valence electrons. The summed E-state index contributed by atoms with van der Waals surface area (Å²) in [6, 6.07) is 7.69. The van der Waals surface area contributed by atoms with E-state index in [1.54, 1.807) is 7.11 Å². The van der Waals surface area contributed by atoms with E-state index in [0.717, 1.165) is 24.3 Å². The third kappa shape index (κ3) is 4.47. The molecule has 1 aromatic rings. The van der Waals surface area contributed by atoms with Gasteiger partial charge in [0.25, 0.3) is 0 Å². The van der Waals surface area contributed by atoms with Gasteiger partial charge in [0.1, 0.15) is 0 Å². The second-order valence-corrected chi connectivity index (χ2v) is 4.75. The van der Waals surface area contributed by atoms with Gasteiger partial charge in [-0.2, -0.15) is 0 Å². The summed E-state index contributed by atoms with van der Waals surface area (Å²) in [7, 11) is 1.65. The van der Waals surface area contributed by atoms with E-state index in [2.05, 4.69) is 13.8 Å². The molecule has 1 rings (SSSR count). The lowest BCUT2D eigenvalue weighted by Gasteiger charge is -2.17. The van der Waals surface area contributed by atoms with Crippen molar-refractivity contribution in [2.24, 2.45) is 5.92 Å². The van der Waals surface area contributed by atoms with Crippen molar-refractivity contribution in [3.8, 4) is 11.5 Å². The van der Waals surface area contributed by atoms with Gasteiger partial charge in [0.2, 0.25) is 0 Å². The summed E-state index contributed by atoms with van der Waals surface area (Å²) in [5, 5.41) is 0.233. The summed E-state index contributed by atoms with van der Waals surface area (Å²) in [5.41, 5.74) is 0. The first-order chi connectivity index (χ1) is 8.19. The minimum atomic E-state index is 0.233. The van der Waals surface area contributed by atoms with Gasteiger partial charge in [0.15, 0.2) is 11.5 Å². The predicted octanol–water partition coefficient (Wildman–Crippen LogP) is 4.12. The van der Waals surface area contributed by atoms with Gasteiger partial charge in [-0.1, -0.05) is 26.0 Å². The van der Waals surface area contributed by atoms with E-state index in [1.165, 1.54) is 0 Å². The molecule has 0 spiro atoms. The van der Waals surface area contributed by atoms with Gasteiger partial charge in [0.05, 0.1) is 13.7 Å². The average Bonchev–Trinajstić information content (AvgIpc) is 2.38. The maximum atomic E-state index is 6.18. The van der Waals surface area contributed by atoms with E-state index in [1.807, 2.05) is 24.3 Å². The predicted molar refractivity (Wildman–Crippen MR) is 72.2 cm³/mol. The van der Waals surface area contributed by atoms with Crippen LogP contribution in [0.1, 0.15) is 26.7 Å². The van der Waals surface area contributed by atoms with Crippen LogP contribution in [0.2, 0.25) is 0 Å². The molecule has 0 aliphatic rings. The number of hydrogen-bond acceptors (Lipinski definition) is 2. The van der Waals surface area contributed by atoms with Gasteiger partial charge in [-0.05, 0) is 30.9 Å². The van der Waals surface area contributed by atoms with Crippen molar-refractivity contribution < 1.29 is 9.47 Å². The standard InChI is InChI=1S/C14H21ClO2/c1-4-12(15)11(2)9-10-17-14-8-6-5-7-13(14)16-3/h5-8,11-12H,4,9-10H2,1-3H3. The maximum Gasteiger partial charge on any atom is 0.161 e. The maximum absolute atomic E-state index is 6.18. The Morgan fingerprint density at radius 1 is 1.24 bits per heavy atom. The highest BCUT2D eigenvalue weighted by Crippen LogP contribution is 2.26. The Hall–Kier alpha value is -0.890. The molecule has 0 aliphatic carbocycles. The highest BCUT2D eigenvalue weighted by atomic mass is 35.5. The third-order valence-electron chi connectivity index (χ3n) is 2.91. The molecule has 0 saturated carbocycles. The number of hydrogen-bond donors (Lipinski definition) is 0. The van der Waals surface area contributed by atoms with Gasteiger partial charge in [-0.3, -0.25) is 0 Å². The molecule has 0 heterocycles. The topological polar surface area (TPSA) is 18.5 Å². The molecular formula is C14H21ClO2. The first-order valence-corrected chi connectivity index (χ1v) is 6.52. The van der Waals surface area contributed by atoms with Crippen LogP contribution in [0.5, 0.6) is 11.5 Å². The molecule has 2 atom stereocenters. The van der Waals surface area contributed by atoms with Crippen molar-refractivity contribution in [1.29, 1.82) is 0 Å². The fourth-order valence-corrected chi connectivity index (χ4v) is 1.80. The van der Waals surface area contributed by atoms with Gasteiger partial charge < -0.3 is 9.47 Å². The molecule has 2 unspecified atom stereocenters. The van der Waals surface area contributed by atoms with Crippen molar-refractivity contribution in [2.75, 3.05) is 13.7 Å². The Kier molecular flexibility index (Phi) is 6.20. The van der Waals surface area contributed by atoms with Gasteiger partial charge in [-0.15, -0.1) is 11.6 Å². The third-order valence-corrected chi connectivity index (χ3v) is 3.65. The quantitative estimate of drug-likeness (QED) is 0.684. The van der Waals surface area contributed by atoms with Crippen LogP contribution < -0.4 is 9.47 Å². The smallest absolute Gasteiger partial charge is 0.161 e. The number of rotatable bonds is 7. The monoisotopic (exact) mass is 256 g/mol. The van der Waals surface area contributed by atoms with Crippen LogP contribution in [-0.2, 0) is 0 Å². The Balaban J connectivity index is 2.40. The molecule has 1 aromatic carbocycles. The minimum absolute atomic E-state index is 0.233. The average molecular weight is 257 g/mol. The Labute approximate surface area is 109 Å². The molecule has 0 aliphatic heterocycles. The van der Waals surface area contributed by atoms with Crippen molar-refractivity contribution in [2.45, 2.75) is 32.1 Å². The fraction of sp³-hybridized carbons (Fsp3) is 0.571. The molecule has 17 heavy (non-hydrogen) atoms. The lowest BCUT2D eigenvalue weighted by atomic mass is 10.0. The molecule has 0 bridgehead atoms. The van der Waals surface area contributed by atoms with E-state index in [-0.39, 0.29) is 5.38 Å². The highest BCUT2D eigenvalue weighted by Gasteiger charge is 2.12. The first-order valence-electron chi connectivity index (χ1n) is 6.09. The molecule has 0 aromatic heterocycles. The number of para-hydroxylation sites is 2. The zero-order valence-corrected chi connectivity index (χ0v) is 11.5. The van der Waals surface area contributed by atoms with Crippen molar-refractivity contribution in [1.82, 2.24) is 0 Å². The largest absolute Gasteiger partial charge is 0.493 e. The summed E-state index contributed by atoms with van der Waals surface area (Å²) in [4.78, 5) is 0. The minimum Gasteiger partial charge on any atom is -0.493 e. The summed E-state index contributed by atoms with van der Waals surface area (Å²) in [6.07, 6.45) is 1.96. The lowest BCUT2D eigenvalue weighted by Crippen LogP contribution is -2.14. The lowest BCUT2D eigenvalue weighted by molar-refractivity contribution is 0.265. The molecule has 0 saturated heterocycles. The molecular weight excluding hydrogens is 236 g/mol. The number of methoxy groups -OCH3 is 1. The molecule has 3 heteroatoms. The molecule has 0 amide bonds. The summed E-state index contributed by atoms with van der Waals surface area (Å²) >= 11 is 6.18. The summed E-state index contributed by atoms with van der Waals surface area (Å²) in [6.45, 7) is 4.94. The zero-order valence-electron chi connectivity index (χ0n) is 10.8. The van der Waals surface area contributed by atoms with Gasteiger partial charge in [-0.25, -0.2) is 0 Å². The van der Waals surface area contributed by atoms with Gasteiger partial charge >= 0.3 is 0 Å². The SMILES string of the molecule is CCC(Cl)C(C)CCOc1ccccc1OC. The molecule has 2 nitrogen and oxygen atoms in total. The van der Waals surface area contributed by atoms with Crippen molar-refractivity contribution in [3.05, 3.63) is 24.3 Å². The van der Waals surface area contributed by atoms with E-state index in [9.17, 15) is 0 Å². The number of benzene rings is 1. The normalized spacial score (nSPS) is 14.1. The van der Waals surface area contributed by atoms with Crippen LogP contribution in [0.15, 0.2) is 24.3 Å². The summed E-state index contributed by atoms with van der Waals surface area (Å²) < 4.78 is 10.9. The zero-order chi connectivity index (χ0) is 12.7. The number of halogens is 1. The Morgan fingerprint density at radius 3 is 2.47 bits per heavy atom. The Bertz CT molecular complexity index is 328. The van der Waals surface area contributed by atoms with E-state index < -0.39 is 0 Å². The van der Waals surface area contributed by atoms with Crippen molar-refractivity contribution in [3.63, 3.8) is 0 Å². The highest BCUT2D eigenvalue weighted by molar-refractivity contribution is 6.20. The van der Waals surface area contributed by atoms with E-state index in [0.29, 0.717) is 12.5 Å². The van der Waals surface area contributed by atoms with Crippen molar-refractivity contribution >= 4 is 11.6 Å². The van der Waals surface area contributed by atoms with Crippen LogP contribution >= 0.6 is 11.6 Å². The molecule has 0 fully saturated rings. The van der Waals surface area contributed by atoms with Crippen LogP contribution in [0.25, 0.3) is 0 Å². The second-order valence-electron chi connectivity index (χ2n) is 4.19. The molecule has 0 N–H and O–H groups in total. The Morgan fingerprint density at radius 2 is 1.88 bits per heavy atom. The van der Waals surface area contributed by atoms with Gasteiger partial charge in [0, 0.05) is 5.38 Å². The van der Waals surface area contributed by atoms with E-state index in [4.69, 9.17) is 21.1 Å². The van der Waals surface area contributed by atoms with Crippen LogP contribution in [-0.4, -0.2) is 19.1 Å². The van der Waals surface area contributed by atoms with E-state index >= 15 is 0 Å². The first kappa shape index (κ1) is 14.2. The second kappa shape index (κ2) is 7.44. The van der Waals surface area contributed by atoms with Crippen LogP contribution in [0, 0.1) is 5.92 Å². The van der Waals surface area contributed by atoms with Crippen LogP contribution in [0.3, 0.4) is 0 Å². The van der Waals surface area contributed by atoms with Crippen LogP contribution in [0.4, 0.5) is 0 Å². The fourth-order valence-electron chi connectivity index (χ4n) is 1.68. The number of alkyl halides is 1. The molecule has 0 radical (unpaired) electrons. The summed E-state index contributed by atoms with van der Waals surface area (Å²) in [5.74, 6) is 2.04.